The van der Waals surface area contributed by atoms with Crippen molar-refractivity contribution in [2.45, 2.75) is 71.8 Å². The van der Waals surface area contributed by atoms with Gasteiger partial charge in [-0.3, -0.25) is 0 Å². The van der Waals surface area contributed by atoms with Crippen molar-refractivity contribution in [2.75, 3.05) is 18.0 Å². The van der Waals surface area contributed by atoms with E-state index in [4.69, 9.17) is 10.7 Å². The molecule has 0 aromatic carbocycles. The molecule has 1 aromatic heterocycles. The summed E-state index contributed by atoms with van der Waals surface area (Å²) in [6.07, 6.45) is 10.6. The van der Waals surface area contributed by atoms with Gasteiger partial charge < -0.3 is 10.6 Å². The summed E-state index contributed by atoms with van der Waals surface area (Å²) in [5, 5.41) is 0. The van der Waals surface area contributed by atoms with Gasteiger partial charge in [0.2, 0.25) is 0 Å². The molecule has 1 unspecified atom stereocenters. The molecule has 146 valence electrons. The van der Waals surface area contributed by atoms with Gasteiger partial charge in [-0.15, -0.1) is 0 Å². The zero-order valence-corrected chi connectivity index (χ0v) is 17.5. The van der Waals surface area contributed by atoms with Crippen LogP contribution in [0.3, 0.4) is 0 Å². The van der Waals surface area contributed by atoms with Gasteiger partial charge in [0.05, 0.1) is 0 Å². The van der Waals surface area contributed by atoms with Gasteiger partial charge in [-0.25, -0.2) is 4.98 Å². The van der Waals surface area contributed by atoms with Gasteiger partial charge in [-0.05, 0) is 44.2 Å². The SMILES string of the molecule is CC1(C)C=CC(C)(C)C2=C1CCC(c1cccc(N3CCC(N)CC3)n1)C2. The Kier molecular flexibility index (Phi) is 4.70. The first-order valence-corrected chi connectivity index (χ1v) is 10.7. The van der Waals surface area contributed by atoms with Crippen molar-refractivity contribution in [3.8, 4) is 0 Å². The molecular weight excluding hydrogens is 330 g/mol. The van der Waals surface area contributed by atoms with Gasteiger partial charge in [0.15, 0.2) is 0 Å². The van der Waals surface area contributed by atoms with Crippen molar-refractivity contribution >= 4 is 5.82 Å². The number of anilines is 1. The highest BCUT2D eigenvalue weighted by Crippen LogP contribution is 2.52. The van der Waals surface area contributed by atoms with E-state index >= 15 is 0 Å². The number of piperidine rings is 1. The van der Waals surface area contributed by atoms with E-state index in [1.54, 1.807) is 11.1 Å². The van der Waals surface area contributed by atoms with E-state index in [-0.39, 0.29) is 10.8 Å². The van der Waals surface area contributed by atoms with E-state index < -0.39 is 0 Å². The number of hydrogen-bond acceptors (Lipinski definition) is 3. The molecule has 1 fully saturated rings. The van der Waals surface area contributed by atoms with Crippen LogP contribution < -0.4 is 10.6 Å². The monoisotopic (exact) mass is 365 g/mol. The highest BCUT2D eigenvalue weighted by atomic mass is 15.2. The lowest BCUT2D eigenvalue weighted by molar-refractivity contribution is 0.390. The van der Waals surface area contributed by atoms with Gasteiger partial charge in [0.1, 0.15) is 5.82 Å². The zero-order chi connectivity index (χ0) is 19.2. The molecule has 2 aliphatic carbocycles. The van der Waals surface area contributed by atoms with Gasteiger partial charge in [0, 0.05) is 41.6 Å². The van der Waals surface area contributed by atoms with Crippen LogP contribution in [0.25, 0.3) is 0 Å². The third-order valence-electron chi connectivity index (χ3n) is 7.07. The van der Waals surface area contributed by atoms with Crippen LogP contribution in [0.2, 0.25) is 0 Å². The smallest absolute Gasteiger partial charge is 0.128 e. The van der Waals surface area contributed by atoms with Gasteiger partial charge in [-0.2, -0.15) is 0 Å². The second-order valence-electron chi connectivity index (χ2n) is 9.92. The number of hydrogen-bond donors (Lipinski definition) is 1. The lowest BCUT2D eigenvalue weighted by Crippen LogP contribution is -2.40. The van der Waals surface area contributed by atoms with E-state index in [0.29, 0.717) is 12.0 Å². The summed E-state index contributed by atoms with van der Waals surface area (Å²) < 4.78 is 0. The second kappa shape index (κ2) is 6.77. The fourth-order valence-electron chi connectivity index (χ4n) is 5.15. The Morgan fingerprint density at radius 1 is 0.963 bits per heavy atom. The molecule has 3 nitrogen and oxygen atoms in total. The molecule has 3 heteroatoms. The number of allylic oxidation sites excluding steroid dienone is 4. The zero-order valence-electron chi connectivity index (χ0n) is 17.5. The van der Waals surface area contributed by atoms with E-state index in [2.05, 4.69) is 62.9 Å². The van der Waals surface area contributed by atoms with Crippen LogP contribution in [0.15, 0.2) is 41.5 Å². The highest BCUT2D eigenvalue weighted by Gasteiger charge is 2.38. The fourth-order valence-corrected chi connectivity index (χ4v) is 5.15. The number of nitrogens with zero attached hydrogens (tertiary/aromatic N) is 2. The molecule has 3 aliphatic rings. The standard InChI is InChI=1S/C24H35N3/c1-23(2)12-13-24(3,4)20-16-17(8-9-19(20)23)21-6-5-7-22(26-21)27-14-10-18(25)11-15-27/h5-7,12-13,17-18H,8-11,14-16,25H2,1-4H3. The molecule has 27 heavy (non-hydrogen) atoms. The lowest BCUT2D eigenvalue weighted by Gasteiger charge is -2.44. The maximum Gasteiger partial charge on any atom is 0.128 e. The maximum absolute atomic E-state index is 6.07. The summed E-state index contributed by atoms with van der Waals surface area (Å²) in [5.74, 6) is 1.68. The third kappa shape index (κ3) is 3.59. The van der Waals surface area contributed by atoms with Crippen LogP contribution in [0.4, 0.5) is 5.82 Å². The first-order valence-electron chi connectivity index (χ1n) is 10.7. The maximum atomic E-state index is 6.07. The van der Waals surface area contributed by atoms with Crippen LogP contribution >= 0.6 is 0 Å². The molecule has 0 bridgehead atoms. The molecule has 1 aliphatic heterocycles. The molecule has 1 saturated heterocycles. The normalized spacial score (nSPS) is 27.6. The minimum atomic E-state index is 0.171. The fraction of sp³-hybridized carbons (Fsp3) is 0.625. The Morgan fingerprint density at radius 2 is 1.63 bits per heavy atom. The number of nitrogens with two attached hydrogens (primary N) is 1. The quantitative estimate of drug-likeness (QED) is 0.733. The average molecular weight is 366 g/mol. The molecule has 4 rings (SSSR count). The van der Waals surface area contributed by atoms with E-state index in [0.717, 1.165) is 38.2 Å². The first kappa shape index (κ1) is 18.7. The number of pyridine rings is 1. The molecular formula is C24H35N3. The lowest BCUT2D eigenvalue weighted by atomic mass is 9.61. The molecule has 2 heterocycles. The van der Waals surface area contributed by atoms with E-state index in [1.165, 1.54) is 18.5 Å². The summed E-state index contributed by atoms with van der Waals surface area (Å²) in [4.78, 5) is 7.52. The average Bonchev–Trinajstić information content (AvgIpc) is 2.66. The van der Waals surface area contributed by atoms with Gasteiger partial charge >= 0.3 is 0 Å². The van der Waals surface area contributed by atoms with Crippen LogP contribution in [-0.4, -0.2) is 24.1 Å². The predicted octanol–water partition coefficient (Wildman–Crippen LogP) is 5.20. The molecule has 0 spiro atoms. The van der Waals surface area contributed by atoms with Crippen LogP contribution in [0.5, 0.6) is 0 Å². The van der Waals surface area contributed by atoms with E-state index in [9.17, 15) is 0 Å². The first-order chi connectivity index (χ1) is 12.8. The Labute approximate surface area is 164 Å². The Bertz CT molecular complexity index is 764. The van der Waals surface area contributed by atoms with Crippen molar-refractivity contribution in [3.63, 3.8) is 0 Å². The molecule has 2 N–H and O–H groups in total. The van der Waals surface area contributed by atoms with Gasteiger partial charge in [0.25, 0.3) is 0 Å². The summed E-state index contributed by atoms with van der Waals surface area (Å²) >= 11 is 0. The van der Waals surface area contributed by atoms with Crippen molar-refractivity contribution < 1.29 is 0 Å². The number of aromatic nitrogens is 1. The molecule has 0 radical (unpaired) electrons. The Balaban J connectivity index is 1.57. The Morgan fingerprint density at radius 3 is 2.33 bits per heavy atom. The van der Waals surface area contributed by atoms with Crippen molar-refractivity contribution in [1.29, 1.82) is 0 Å². The minimum absolute atomic E-state index is 0.171. The summed E-state index contributed by atoms with van der Waals surface area (Å²) in [5.41, 5.74) is 11.1. The third-order valence-corrected chi connectivity index (χ3v) is 7.07. The molecule has 0 amide bonds. The van der Waals surface area contributed by atoms with Crippen LogP contribution in [0, 0.1) is 10.8 Å². The Hall–Kier alpha value is -1.61. The minimum Gasteiger partial charge on any atom is -0.356 e. The molecule has 0 saturated carbocycles. The van der Waals surface area contributed by atoms with Crippen molar-refractivity contribution in [2.24, 2.45) is 16.6 Å². The summed E-state index contributed by atoms with van der Waals surface area (Å²) in [6.45, 7) is 11.5. The molecule has 1 atom stereocenters. The summed E-state index contributed by atoms with van der Waals surface area (Å²) in [7, 11) is 0. The summed E-state index contributed by atoms with van der Waals surface area (Å²) in [6, 6.07) is 6.97. The van der Waals surface area contributed by atoms with Crippen molar-refractivity contribution in [1.82, 2.24) is 4.98 Å². The topological polar surface area (TPSA) is 42.1 Å². The number of rotatable bonds is 2. The predicted molar refractivity (Wildman–Crippen MR) is 114 cm³/mol. The van der Waals surface area contributed by atoms with Gasteiger partial charge in [-0.1, -0.05) is 57.1 Å². The second-order valence-corrected chi connectivity index (χ2v) is 9.92. The van der Waals surface area contributed by atoms with Crippen molar-refractivity contribution in [3.05, 3.63) is 47.2 Å². The van der Waals surface area contributed by atoms with Crippen LogP contribution in [0.1, 0.15) is 71.4 Å². The largest absolute Gasteiger partial charge is 0.356 e. The molecule has 1 aromatic rings. The van der Waals surface area contributed by atoms with Crippen LogP contribution in [-0.2, 0) is 0 Å². The highest BCUT2D eigenvalue weighted by molar-refractivity contribution is 5.43. The van der Waals surface area contributed by atoms with E-state index in [1.807, 2.05) is 0 Å².